The number of nitrogens with zero attached hydrogens (tertiary/aromatic N) is 1. The normalized spacial score (nSPS) is 10.6. The fraction of sp³-hybridized carbons (Fsp3) is 0.647. The number of aryl methyl sites for hydroxylation is 1. The Balaban J connectivity index is 2.70. The van der Waals surface area contributed by atoms with E-state index < -0.39 is 4.92 Å². The molecule has 0 fully saturated rings. The van der Waals surface area contributed by atoms with Crippen molar-refractivity contribution in [3.63, 3.8) is 0 Å². The summed E-state index contributed by atoms with van der Waals surface area (Å²) in [5.41, 5.74) is 0.533. The quantitative estimate of drug-likeness (QED) is 0.325. The molecule has 1 aromatic carbocycles. The molecular weight excluding hydrogens is 314 g/mol. The first-order valence-corrected chi connectivity index (χ1v) is 8.36. The molecule has 1 rings (SSSR count). The molecule has 0 amide bonds. The standard InChI is InChI=1S/C17H27NO6/c1-14-12-16(23-10-6-2-4-8-19)17(13-15(14)18(21)22)24-11-7-3-5-9-20/h12-13,19-20H,2-11H2,1H3. The number of nitro benzene ring substituents is 1. The van der Waals surface area contributed by atoms with Gasteiger partial charge < -0.3 is 19.7 Å². The van der Waals surface area contributed by atoms with Crippen molar-refractivity contribution in [2.45, 2.75) is 45.4 Å². The van der Waals surface area contributed by atoms with E-state index in [2.05, 4.69) is 0 Å². The van der Waals surface area contributed by atoms with Gasteiger partial charge >= 0.3 is 0 Å². The summed E-state index contributed by atoms with van der Waals surface area (Å²) >= 11 is 0. The van der Waals surface area contributed by atoms with Gasteiger partial charge in [0.15, 0.2) is 11.5 Å². The lowest BCUT2D eigenvalue weighted by Crippen LogP contribution is -2.05. The van der Waals surface area contributed by atoms with Crippen molar-refractivity contribution in [3.8, 4) is 11.5 Å². The van der Waals surface area contributed by atoms with Crippen molar-refractivity contribution in [1.29, 1.82) is 0 Å². The number of aliphatic hydroxyl groups is 2. The van der Waals surface area contributed by atoms with Crippen molar-refractivity contribution in [2.24, 2.45) is 0 Å². The maximum Gasteiger partial charge on any atom is 0.276 e. The number of hydrogen-bond donors (Lipinski definition) is 2. The molecule has 136 valence electrons. The Bertz CT molecular complexity index is 506. The Hall–Kier alpha value is -1.86. The van der Waals surface area contributed by atoms with Crippen LogP contribution in [0.1, 0.15) is 44.1 Å². The Morgan fingerprint density at radius 1 is 0.917 bits per heavy atom. The zero-order valence-corrected chi connectivity index (χ0v) is 14.2. The van der Waals surface area contributed by atoms with Crippen molar-refractivity contribution in [3.05, 3.63) is 27.8 Å². The monoisotopic (exact) mass is 341 g/mol. The third kappa shape index (κ3) is 7.14. The predicted octanol–water partition coefficient (Wildman–Crippen LogP) is 2.99. The highest BCUT2D eigenvalue weighted by Crippen LogP contribution is 2.34. The summed E-state index contributed by atoms with van der Waals surface area (Å²) in [6.45, 7) is 2.87. The molecular formula is C17H27NO6. The molecule has 0 radical (unpaired) electrons. The zero-order chi connectivity index (χ0) is 17.8. The fourth-order valence-corrected chi connectivity index (χ4v) is 2.22. The Morgan fingerprint density at radius 2 is 1.42 bits per heavy atom. The van der Waals surface area contributed by atoms with Crippen LogP contribution in [0.3, 0.4) is 0 Å². The van der Waals surface area contributed by atoms with Gasteiger partial charge in [0.1, 0.15) is 0 Å². The van der Waals surface area contributed by atoms with Crippen LogP contribution in [0.5, 0.6) is 11.5 Å². The molecule has 0 atom stereocenters. The molecule has 0 aliphatic carbocycles. The highest BCUT2D eigenvalue weighted by Gasteiger charge is 2.17. The van der Waals surface area contributed by atoms with E-state index in [9.17, 15) is 10.1 Å². The number of rotatable bonds is 13. The molecule has 0 aliphatic heterocycles. The van der Waals surface area contributed by atoms with E-state index >= 15 is 0 Å². The van der Waals surface area contributed by atoms with Gasteiger partial charge in [-0.15, -0.1) is 0 Å². The van der Waals surface area contributed by atoms with Crippen LogP contribution in [0.25, 0.3) is 0 Å². The third-order valence-corrected chi connectivity index (χ3v) is 3.58. The van der Waals surface area contributed by atoms with Crippen LogP contribution in [0, 0.1) is 17.0 Å². The maximum absolute atomic E-state index is 11.1. The smallest absolute Gasteiger partial charge is 0.276 e. The molecule has 0 spiro atoms. The third-order valence-electron chi connectivity index (χ3n) is 3.58. The van der Waals surface area contributed by atoms with Crippen molar-refractivity contribution in [1.82, 2.24) is 0 Å². The second-order valence-corrected chi connectivity index (χ2v) is 5.61. The number of hydrogen-bond acceptors (Lipinski definition) is 6. The Kier molecular flexibility index (Phi) is 9.79. The summed E-state index contributed by atoms with van der Waals surface area (Å²) in [4.78, 5) is 10.7. The lowest BCUT2D eigenvalue weighted by molar-refractivity contribution is -0.385. The van der Waals surface area contributed by atoms with E-state index in [0.717, 1.165) is 32.1 Å². The largest absolute Gasteiger partial charge is 0.490 e. The van der Waals surface area contributed by atoms with Crippen molar-refractivity contribution >= 4 is 5.69 Å². The number of ether oxygens (including phenoxy) is 2. The first kappa shape index (κ1) is 20.2. The van der Waals surface area contributed by atoms with E-state index in [4.69, 9.17) is 19.7 Å². The van der Waals surface area contributed by atoms with Gasteiger partial charge in [-0.05, 0) is 51.5 Å². The molecule has 0 bridgehead atoms. The average Bonchev–Trinajstić information content (AvgIpc) is 2.55. The van der Waals surface area contributed by atoms with Crippen molar-refractivity contribution < 1.29 is 24.6 Å². The summed E-state index contributed by atoms with van der Waals surface area (Å²) < 4.78 is 11.4. The van der Waals surface area contributed by atoms with Gasteiger partial charge in [-0.3, -0.25) is 10.1 Å². The van der Waals surface area contributed by atoms with E-state index in [1.54, 1.807) is 13.0 Å². The molecule has 7 heteroatoms. The van der Waals surface area contributed by atoms with Gasteiger partial charge in [0.2, 0.25) is 0 Å². The Morgan fingerprint density at radius 3 is 1.88 bits per heavy atom. The molecule has 0 heterocycles. The molecule has 0 saturated heterocycles. The van der Waals surface area contributed by atoms with Crippen LogP contribution in [-0.2, 0) is 0 Å². The molecule has 0 aromatic heterocycles. The summed E-state index contributed by atoms with van der Waals surface area (Å²) in [6.07, 6.45) is 4.70. The maximum atomic E-state index is 11.1. The van der Waals surface area contributed by atoms with Crippen molar-refractivity contribution in [2.75, 3.05) is 26.4 Å². The number of benzene rings is 1. The molecule has 0 saturated carbocycles. The van der Waals surface area contributed by atoms with E-state index in [-0.39, 0.29) is 18.9 Å². The van der Waals surface area contributed by atoms with Crippen LogP contribution >= 0.6 is 0 Å². The van der Waals surface area contributed by atoms with Crippen LogP contribution in [0.4, 0.5) is 5.69 Å². The topological polar surface area (TPSA) is 102 Å². The second kappa shape index (κ2) is 11.6. The average molecular weight is 341 g/mol. The first-order chi connectivity index (χ1) is 11.6. The van der Waals surface area contributed by atoms with E-state index in [1.165, 1.54) is 6.07 Å². The number of unbranched alkanes of at least 4 members (excludes halogenated alkanes) is 4. The van der Waals surface area contributed by atoms with E-state index in [0.29, 0.717) is 36.7 Å². The van der Waals surface area contributed by atoms with Gasteiger partial charge in [0.05, 0.1) is 24.2 Å². The van der Waals surface area contributed by atoms with Gasteiger partial charge in [-0.25, -0.2) is 0 Å². The fourth-order valence-electron chi connectivity index (χ4n) is 2.22. The summed E-state index contributed by atoms with van der Waals surface area (Å²) in [7, 11) is 0. The molecule has 2 N–H and O–H groups in total. The predicted molar refractivity (Wildman–Crippen MR) is 90.7 cm³/mol. The minimum atomic E-state index is -0.432. The molecule has 24 heavy (non-hydrogen) atoms. The van der Waals surface area contributed by atoms with Gasteiger partial charge in [0.25, 0.3) is 5.69 Å². The summed E-state index contributed by atoms with van der Waals surface area (Å²) in [5, 5.41) is 28.6. The zero-order valence-electron chi connectivity index (χ0n) is 14.2. The SMILES string of the molecule is Cc1cc(OCCCCCO)c(OCCCCCO)cc1[N+](=O)[O-]. The molecule has 7 nitrogen and oxygen atoms in total. The highest BCUT2D eigenvalue weighted by molar-refractivity contribution is 5.53. The summed E-state index contributed by atoms with van der Waals surface area (Å²) in [6, 6.07) is 3.04. The number of nitro groups is 1. The molecule has 0 aliphatic rings. The van der Waals surface area contributed by atoms with E-state index in [1.807, 2.05) is 0 Å². The lowest BCUT2D eigenvalue weighted by atomic mass is 10.1. The minimum absolute atomic E-state index is 0.00740. The lowest BCUT2D eigenvalue weighted by Gasteiger charge is -2.14. The molecule has 0 unspecified atom stereocenters. The summed E-state index contributed by atoms with van der Waals surface area (Å²) in [5.74, 6) is 0.878. The number of aliphatic hydroxyl groups excluding tert-OH is 2. The first-order valence-electron chi connectivity index (χ1n) is 8.36. The van der Waals surface area contributed by atoms with Crippen LogP contribution in [0.2, 0.25) is 0 Å². The van der Waals surface area contributed by atoms with Crippen LogP contribution in [-0.4, -0.2) is 41.6 Å². The van der Waals surface area contributed by atoms with Gasteiger partial charge in [-0.2, -0.15) is 0 Å². The molecule has 1 aromatic rings. The highest BCUT2D eigenvalue weighted by atomic mass is 16.6. The minimum Gasteiger partial charge on any atom is -0.490 e. The Labute approximate surface area is 142 Å². The second-order valence-electron chi connectivity index (χ2n) is 5.61. The van der Waals surface area contributed by atoms with Crippen LogP contribution < -0.4 is 9.47 Å². The van der Waals surface area contributed by atoms with Gasteiger partial charge in [0, 0.05) is 18.8 Å². The van der Waals surface area contributed by atoms with Gasteiger partial charge in [-0.1, -0.05) is 0 Å². The van der Waals surface area contributed by atoms with Crippen LogP contribution in [0.15, 0.2) is 12.1 Å².